The Balaban J connectivity index is 1.79. The summed E-state index contributed by atoms with van der Waals surface area (Å²) in [4.78, 5) is 24.1. The molecule has 186 valence electrons. The second-order valence-electron chi connectivity index (χ2n) is 7.97. The van der Waals surface area contributed by atoms with Crippen LogP contribution in [0.15, 0.2) is 39.5 Å². The molecular weight excluding hydrogens is 468 g/mol. The van der Waals surface area contributed by atoms with Crippen molar-refractivity contribution >= 4 is 16.9 Å². The van der Waals surface area contributed by atoms with Crippen LogP contribution in [0.1, 0.15) is 12.5 Å². The van der Waals surface area contributed by atoms with Gasteiger partial charge in [-0.25, -0.2) is 4.79 Å². The topological polar surface area (TPSA) is 207 Å². The van der Waals surface area contributed by atoms with Crippen LogP contribution in [0.3, 0.4) is 0 Å². The van der Waals surface area contributed by atoms with E-state index in [2.05, 4.69) is 0 Å². The number of aromatic hydroxyl groups is 3. The van der Waals surface area contributed by atoms with Crippen molar-refractivity contribution in [3.63, 3.8) is 0 Å². The molecule has 0 unspecified atom stereocenters. The number of aliphatic carboxylic acids is 1. The minimum Gasteiger partial charge on any atom is -0.508 e. The van der Waals surface area contributed by atoms with E-state index in [4.69, 9.17) is 13.9 Å². The number of phenolic OH excluding ortho intramolecular Hbond substituents is 3. The normalized spacial score (nSPS) is 24.4. The number of fused-ring (bicyclic) bond motifs is 1. The first-order chi connectivity index (χ1) is 16.5. The first-order valence-corrected chi connectivity index (χ1v) is 10.5. The molecule has 5 atom stereocenters. The highest BCUT2D eigenvalue weighted by Gasteiger charge is 2.48. The van der Waals surface area contributed by atoms with Gasteiger partial charge < -0.3 is 49.6 Å². The van der Waals surface area contributed by atoms with Crippen molar-refractivity contribution in [1.82, 2.24) is 0 Å². The Morgan fingerprint density at radius 2 is 1.71 bits per heavy atom. The van der Waals surface area contributed by atoms with Crippen LogP contribution in [-0.4, -0.2) is 72.4 Å². The van der Waals surface area contributed by atoms with Crippen LogP contribution < -0.4 is 10.2 Å². The standard InChI is InChI=1S/C23H22O12/c1-2-8-5-9(24)3-4-10(8)12-6-11(25)15-13(33-12)7-14(16(26)17(15)27)34-23-20(30)18(28)19(29)21(35-23)22(31)32/h3-7,18-21,23-24,26-30H,2H2,1H3,(H,31,32)/t18-,19-,20+,21-,23+/m0/s1. The van der Waals surface area contributed by atoms with Crippen LogP contribution in [0.4, 0.5) is 0 Å². The molecule has 2 aromatic carbocycles. The van der Waals surface area contributed by atoms with Crippen LogP contribution in [0.2, 0.25) is 0 Å². The van der Waals surface area contributed by atoms with Gasteiger partial charge in [-0.05, 0) is 30.2 Å². The van der Waals surface area contributed by atoms with E-state index in [1.165, 1.54) is 12.1 Å². The van der Waals surface area contributed by atoms with Crippen LogP contribution >= 0.6 is 0 Å². The number of aliphatic hydroxyl groups excluding tert-OH is 3. The second-order valence-corrected chi connectivity index (χ2v) is 7.97. The molecular formula is C23H22O12. The molecule has 12 heteroatoms. The van der Waals surface area contributed by atoms with Gasteiger partial charge in [-0.3, -0.25) is 4.79 Å². The number of aryl methyl sites for hydroxylation is 1. The summed E-state index contributed by atoms with van der Waals surface area (Å²) in [5.74, 6) is -3.93. The minimum atomic E-state index is -1.96. The molecule has 1 aliphatic rings. The lowest BCUT2D eigenvalue weighted by atomic mass is 9.99. The SMILES string of the molecule is CCc1cc(O)ccc1-c1cc(=O)c2c(O)c(O)c(O[C@@H]3O[C@H](C(=O)O)[C@@H](O)[C@H](O)[C@H]3O)cc2o1. The fourth-order valence-corrected chi connectivity index (χ4v) is 3.88. The quantitative estimate of drug-likeness (QED) is 0.243. The number of hydrogen-bond acceptors (Lipinski definition) is 11. The van der Waals surface area contributed by atoms with Gasteiger partial charge in [0.2, 0.25) is 12.0 Å². The van der Waals surface area contributed by atoms with Gasteiger partial charge in [-0.2, -0.15) is 0 Å². The molecule has 0 saturated carbocycles. The summed E-state index contributed by atoms with van der Waals surface area (Å²) in [6.45, 7) is 1.83. The lowest BCUT2D eigenvalue weighted by Gasteiger charge is -2.38. The fourth-order valence-electron chi connectivity index (χ4n) is 3.88. The zero-order valence-electron chi connectivity index (χ0n) is 18.2. The maximum atomic E-state index is 12.8. The van der Waals surface area contributed by atoms with Gasteiger partial charge in [-0.1, -0.05) is 6.92 Å². The number of aliphatic hydroxyl groups is 3. The van der Waals surface area contributed by atoms with Gasteiger partial charge in [0.15, 0.2) is 23.0 Å². The average molecular weight is 490 g/mol. The molecule has 4 rings (SSSR count). The molecule has 7 N–H and O–H groups in total. The van der Waals surface area contributed by atoms with Crippen LogP contribution in [0.5, 0.6) is 23.0 Å². The average Bonchev–Trinajstić information content (AvgIpc) is 2.81. The van der Waals surface area contributed by atoms with Crippen LogP contribution in [0, 0.1) is 0 Å². The predicted octanol–water partition coefficient (Wildman–Crippen LogP) is 0.410. The van der Waals surface area contributed by atoms with Gasteiger partial charge in [0, 0.05) is 17.7 Å². The molecule has 3 aromatic rings. The highest BCUT2D eigenvalue weighted by Crippen LogP contribution is 2.43. The van der Waals surface area contributed by atoms with Gasteiger partial charge >= 0.3 is 5.97 Å². The fraction of sp³-hybridized carbons (Fsp3) is 0.304. The van der Waals surface area contributed by atoms with E-state index in [0.29, 0.717) is 17.5 Å². The van der Waals surface area contributed by atoms with E-state index in [0.717, 1.165) is 12.1 Å². The van der Waals surface area contributed by atoms with E-state index in [1.54, 1.807) is 6.07 Å². The number of carboxylic acids is 1. The number of rotatable bonds is 5. The molecule has 0 bridgehead atoms. The van der Waals surface area contributed by atoms with E-state index in [-0.39, 0.29) is 22.5 Å². The maximum Gasteiger partial charge on any atom is 0.335 e. The first-order valence-electron chi connectivity index (χ1n) is 10.5. The Hall–Kier alpha value is -3.84. The van der Waals surface area contributed by atoms with Gasteiger partial charge in [0.05, 0.1) is 0 Å². The largest absolute Gasteiger partial charge is 0.508 e. The van der Waals surface area contributed by atoms with Crippen molar-refractivity contribution in [3.05, 3.63) is 46.1 Å². The van der Waals surface area contributed by atoms with E-state index < -0.39 is 59.4 Å². The van der Waals surface area contributed by atoms with Crippen molar-refractivity contribution in [2.75, 3.05) is 0 Å². The molecule has 12 nitrogen and oxygen atoms in total. The van der Waals surface area contributed by atoms with Crippen molar-refractivity contribution in [1.29, 1.82) is 0 Å². The Kier molecular flexibility index (Phi) is 6.30. The molecule has 35 heavy (non-hydrogen) atoms. The Bertz CT molecular complexity index is 1350. The number of carboxylic acid groups (broad SMARTS) is 1. The lowest BCUT2D eigenvalue weighted by molar-refractivity contribution is -0.271. The zero-order chi connectivity index (χ0) is 25.6. The lowest BCUT2D eigenvalue weighted by Crippen LogP contribution is -2.61. The third-order valence-corrected chi connectivity index (χ3v) is 5.72. The molecule has 1 aliphatic heterocycles. The summed E-state index contributed by atoms with van der Waals surface area (Å²) in [6.07, 6.45) is -9.19. The molecule has 1 fully saturated rings. The maximum absolute atomic E-state index is 12.8. The molecule has 0 radical (unpaired) electrons. The second kappa shape index (κ2) is 9.07. The van der Waals surface area contributed by atoms with Gasteiger partial charge in [-0.15, -0.1) is 0 Å². The molecule has 0 spiro atoms. The number of hydrogen-bond donors (Lipinski definition) is 7. The Labute approximate surface area is 196 Å². The number of carbonyl (C=O) groups is 1. The first kappa shape index (κ1) is 24.3. The summed E-state index contributed by atoms with van der Waals surface area (Å²) < 4.78 is 16.1. The van der Waals surface area contributed by atoms with Gasteiger partial charge in [0.1, 0.15) is 40.8 Å². The van der Waals surface area contributed by atoms with E-state index >= 15 is 0 Å². The smallest absolute Gasteiger partial charge is 0.335 e. The monoisotopic (exact) mass is 490 g/mol. The molecule has 1 saturated heterocycles. The van der Waals surface area contributed by atoms with E-state index in [9.17, 15) is 45.3 Å². The summed E-state index contributed by atoms with van der Waals surface area (Å²) in [5.41, 5.74) is 0.229. The van der Waals surface area contributed by atoms with E-state index in [1.807, 2.05) is 6.92 Å². The summed E-state index contributed by atoms with van der Waals surface area (Å²) in [7, 11) is 0. The number of ether oxygens (including phenoxy) is 2. The summed E-state index contributed by atoms with van der Waals surface area (Å²) in [6, 6.07) is 6.58. The van der Waals surface area contributed by atoms with Crippen LogP contribution in [-0.2, 0) is 16.0 Å². The Morgan fingerprint density at radius 1 is 1.00 bits per heavy atom. The third-order valence-electron chi connectivity index (χ3n) is 5.72. The predicted molar refractivity (Wildman–Crippen MR) is 117 cm³/mol. The minimum absolute atomic E-state index is 0.0185. The molecule has 2 heterocycles. The Morgan fingerprint density at radius 3 is 2.37 bits per heavy atom. The molecule has 1 aromatic heterocycles. The third kappa shape index (κ3) is 4.23. The molecule has 0 aliphatic carbocycles. The van der Waals surface area contributed by atoms with Crippen molar-refractivity contribution < 1.29 is 54.4 Å². The number of benzene rings is 2. The molecule has 0 amide bonds. The van der Waals surface area contributed by atoms with Crippen molar-refractivity contribution in [2.24, 2.45) is 0 Å². The number of phenols is 3. The van der Waals surface area contributed by atoms with Gasteiger partial charge in [0.25, 0.3) is 0 Å². The van der Waals surface area contributed by atoms with Crippen molar-refractivity contribution in [3.8, 4) is 34.3 Å². The van der Waals surface area contributed by atoms with Crippen molar-refractivity contribution in [2.45, 2.75) is 44.1 Å². The summed E-state index contributed by atoms with van der Waals surface area (Å²) in [5, 5.41) is 69.3. The highest BCUT2D eigenvalue weighted by molar-refractivity contribution is 5.89. The zero-order valence-corrected chi connectivity index (χ0v) is 18.2. The summed E-state index contributed by atoms with van der Waals surface area (Å²) >= 11 is 0. The highest BCUT2D eigenvalue weighted by atomic mass is 16.7. The van der Waals surface area contributed by atoms with Crippen LogP contribution in [0.25, 0.3) is 22.3 Å².